The summed E-state index contributed by atoms with van der Waals surface area (Å²) in [7, 11) is 0. The van der Waals surface area contributed by atoms with Gasteiger partial charge in [-0.1, -0.05) is 15.9 Å². The molecule has 1 heterocycles. The summed E-state index contributed by atoms with van der Waals surface area (Å²) in [5.41, 5.74) is 0.988. The lowest BCUT2D eigenvalue weighted by molar-refractivity contribution is 0.154. The van der Waals surface area contributed by atoms with Crippen LogP contribution in [0.2, 0.25) is 0 Å². The minimum Gasteiger partial charge on any atom is -0.396 e. The Labute approximate surface area is 121 Å². The molecule has 0 amide bonds. The largest absolute Gasteiger partial charge is 0.396 e. The molecular weight excluding hydrogens is 311 g/mol. The van der Waals surface area contributed by atoms with Gasteiger partial charge in [0.1, 0.15) is 5.82 Å². The van der Waals surface area contributed by atoms with Gasteiger partial charge < -0.3 is 10.4 Å². The number of halogens is 2. The zero-order valence-corrected chi connectivity index (χ0v) is 12.5. The van der Waals surface area contributed by atoms with E-state index in [0.29, 0.717) is 0 Å². The third-order valence-corrected chi connectivity index (χ3v) is 3.96. The zero-order chi connectivity index (χ0) is 13.7. The third kappa shape index (κ3) is 4.24. The molecule has 0 bridgehead atoms. The van der Waals surface area contributed by atoms with Crippen LogP contribution in [0.5, 0.6) is 0 Å². The van der Waals surface area contributed by atoms with E-state index in [1.54, 1.807) is 6.07 Å². The summed E-state index contributed by atoms with van der Waals surface area (Å²) in [4.78, 5) is 2.37. The monoisotopic (exact) mass is 330 g/mol. The topological polar surface area (TPSA) is 35.5 Å². The van der Waals surface area contributed by atoms with Crippen molar-refractivity contribution in [3.8, 4) is 0 Å². The Hall–Kier alpha value is -0.490. The molecule has 3 nitrogen and oxygen atoms in total. The van der Waals surface area contributed by atoms with E-state index in [0.717, 1.165) is 49.1 Å². The van der Waals surface area contributed by atoms with Gasteiger partial charge in [-0.3, -0.25) is 4.90 Å². The predicted octanol–water partition coefficient (Wildman–Crippen LogP) is 2.31. The van der Waals surface area contributed by atoms with Gasteiger partial charge in [0.15, 0.2) is 0 Å². The summed E-state index contributed by atoms with van der Waals surface area (Å²) < 4.78 is 14.3. The van der Waals surface area contributed by atoms with Crippen LogP contribution in [0.1, 0.15) is 24.4 Å². The number of hydrogen-bond donors (Lipinski definition) is 2. The molecule has 0 spiro atoms. The molecular formula is C14H20BrFN2O. The van der Waals surface area contributed by atoms with Gasteiger partial charge >= 0.3 is 0 Å². The lowest BCUT2D eigenvalue weighted by Crippen LogP contribution is -2.45. The number of nitrogens with one attached hydrogen (secondary N) is 1. The zero-order valence-electron chi connectivity index (χ0n) is 10.9. The maximum atomic E-state index is 13.6. The van der Waals surface area contributed by atoms with Gasteiger partial charge in [-0.2, -0.15) is 0 Å². The highest BCUT2D eigenvalue weighted by atomic mass is 79.9. The Morgan fingerprint density at radius 1 is 1.32 bits per heavy atom. The minimum atomic E-state index is -0.214. The molecule has 0 unspecified atom stereocenters. The Bertz CT molecular complexity index is 390. The highest BCUT2D eigenvalue weighted by Gasteiger charge is 2.22. The average molecular weight is 331 g/mol. The first-order valence-corrected chi connectivity index (χ1v) is 7.51. The number of hydrogen-bond acceptors (Lipinski definition) is 3. The van der Waals surface area contributed by atoms with Crippen molar-refractivity contribution in [2.45, 2.75) is 18.9 Å². The molecule has 2 N–H and O–H groups in total. The molecule has 19 heavy (non-hydrogen) atoms. The average Bonchev–Trinajstić information content (AvgIpc) is 2.39. The maximum absolute atomic E-state index is 13.6. The van der Waals surface area contributed by atoms with Crippen molar-refractivity contribution < 1.29 is 9.50 Å². The normalized spacial score (nSPS) is 18.5. The first-order chi connectivity index (χ1) is 9.20. The summed E-state index contributed by atoms with van der Waals surface area (Å²) in [5, 5.41) is 12.4. The molecule has 1 aromatic carbocycles. The molecule has 1 saturated heterocycles. The van der Waals surface area contributed by atoms with E-state index in [9.17, 15) is 4.39 Å². The summed E-state index contributed by atoms with van der Waals surface area (Å²) in [6.45, 7) is 4.03. The van der Waals surface area contributed by atoms with E-state index in [2.05, 4.69) is 26.1 Å². The Kier molecular flexibility index (Phi) is 5.76. The van der Waals surface area contributed by atoms with E-state index in [1.807, 2.05) is 6.07 Å². The first-order valence-electron chi connectivity index (χ1n) is 6.72. The fourth-order valence-corrected chi connectivity index (χ4v) is 3.09. The van der Waals surface area contributed by atoms with Gasteiger partial charge in [0.2, 0.25) is 0 Å². The summed E-state index contributed by atoms with van der Waals surface area (Å²) >= 11 is 3.35. The van der Waals surface area contributed by atoms with Gasteiger partial charge in [0.05, 0.1) is 0 Å². The van der Waals surface area contributed by atoms with Crippen LogP contribution >= 0.6 is 15.9 Å². The van der Waals surface area contributed by atoms with Crippen LogP contribution in [-0.4, -0.2) is 42.8 Å². The van der Waals surface area contributed by atoms with Crippen LogP contribution < -0.4 is 5.32 Å². The number of benzene rings is 1. The SMILES string of the molecule is OCCC[C@H](c1cc(F)cc(Br)c1)N1CCNCC1. The van der Waals surface area contributed by atoms with Crippen molar-refractivity contribution in [1.82, 2.24) is 10.2 Å². The molecule has 2 rings (SSSR count). The Morgan fingerprint density at radius 2 is 2.05 bits per heavy atom. The molecule has 0 saturated carbocycles. The molecule has 1 aromatic rings. The van der Waals surface area contributed by atoms with E-state index < -0.39 is 0 Å². The van der Waals surface area contributed by atoms with Crippen LogP contribution in [0.15, 0.2) is 22.7 Å². The van der Waals surface area contributed by atoms with Gasteiger partial charge in [-0.15, -0.1) is 0 Å². The first kappa shape index (κ1) is 14.9. The second kappa shape index (κ2) is 7.33. The standard InChI is InChI=1S/C14H20BrFN2O/c15-12-8-11(9-13(16)10-12)14(2-1-7-19)18-5-3-17-4-6-18/h8-10,14,17,19H,1-7H2/t14-/m1/s1. The fourth-order valence-electron chi connectivity index (χ4n) is 2.61. The van der Waals surface area contributed by atoms with Crippen LogP contribution in [0.4, 0.5) is 4.39 Å². The third-order valence-electron chi connectivity index (χ3n) is 3.50. The maximum Gasteiger partial charge on any atom is 0.124 e. The smallest absolute Gasteiger partial charge is 0.124 e. The van der Waals surface area contributed by atoms with Gasteiger partial charge in [0.25, 0.3) is 0 Å². The van der Waals surface area contributed by atoms with Crippen molar-refractivity contribution in [2.75, 3.05) is 32.8 Å². The highest BCUT2D eigenvalue weighted by molar-refractivity contribution is 9.10. The van der Waals surface area contributed by atoms with E-state index in [4.69, 9.17) is 5.11 Å². The van der Waals surface area contributed by atoms with Crippen molar-refractivity contribution in [3.63, 3.8) is 0 Å². The molecule has 0 aromatic heterocycles. The number of aliphatic hydroxyl groups is 1. The van der Waals surface area contributed by atoms with Crippen LogP contribution in [0.25, 0.3) is 0 Å². The number of piperazine rings is 1. The summed E-state index contributed by atoms with van der Waals surface area (Å²) in [6.07, 6.45) is 1.59. The Morgan fingerprint density at radius 3 is 2.68 bits per heavy atom. The summed E-state index contributed by atoms with van der Waals surface area (Å²) in [6, 6.07) is 5.24. The number of aliphatic hydroxyl groups excluding tert-OH is 1. The molecule has 106 valence electrons. The molecule has 0 radical (unpaired) electrons. The van der Waals surface area contributed by atoms with Crippen LogP contribution in [0.3, 0.4) is 0 Å². The minimum absolute atomic E-state index is 0.180. The lowest BCUT2D eigenvalue weighted by atomic mass is 9.99. The van der Waals surface area contributed by atoms with Crippen molar-refractivity contribution in [1.29, 1.82) is 0 Å². The van der Waals surface area contributed by atoms with Crippen LogP contribution in [0, 0.1) is 5.82 Å². The van der Waals surface area contributed by atoms with Crippen molar-refractivity contribution in [2.24, 2.45) is 0 Å². The molecule has 1 fully saturated rings. The number of nitrogens with zero attached hydrogens (tertiary/aromatic N) is 1. The van der Waals surface area contributed by atoms with Gasteiger partial charge in [-0.05, 0) is 36.6 Å². The number of rotatable bonds is 5. The fraction of sp³-hybridized carbons (Fsp3) is 0.571. The van der Waals surface area contributed by atoms with E-state index in [1.165, 1.54) is 6.07 Å². The molecule has 1 atom stereocenters. The van der Waals surface area contributed by atoms with Crippen LogP contribution in [-0.2, 0) is 0 Å². The van der Waals surface area contributed by atoms with Crippen molar-refractivity contribution in [3.05, 3.63) is 34.1 Å². The van der Waals surface area contributed by atoms with Crippen molar-refractivity contribution >= 4 is 15.9 Å². The van der Waals surface area contributed by atoms with Gasteiger partial charge in [0, 0.05) is 43.3 Å². The van der Waals surface area contributed by atoms with E-state index >= 15 is 0 Å². The molecule has 5 heteroatoms. The summed E-state index contributed by atoms with van der Waals surface area (Å²) in [5.74, 6) is -0.214. The Balaban J connectivity index is 2.19. The predicted molar refractivity (Wildman–Crippen MR) is 77.6 cm³/mol. The molecule has 0 aliphatic carbocycles. The quantitative estimate of drug-likeness (QED) is 0.869. The van der Waals surface area contributed by atoms with Gasteiger partial charge in [-0.25, -0.2) is 4.39 Å². The lowest BCUT2D eigenvalue weighted by Gasteiger charge is -2.35. The second-order valence-electron chi connectivity index (χ2n) is 4.87. The molecule has 1 aliphatic heterocycles. The highest BCUT2D eigenvalue weighted by Crippen LogP contribution is 2.29. The molecule has 1 aliphatic rings. The second-order valence-corrected chi connectivity index (χ2v) is 5.79. The van der Waals surface area contributed by atoms with E-state index in [-0.39, 0.29) is 18.5 Å².